The van der Waals surface area contributed by atoms with Crippen molar-refractivity contribution in [3.05, 3.63) is 39.4 Å². The Morgan fingerprint density at radius 1 is 1.55 bits per heavy atom. The Balaban J connectivity index is 3.46. The van der Waals surface area contributed by atoms with Crippen molar-refractivity contribution >= 4 is 17.7 Å². The largest absolute Gasteiger partial charge is 0.478 e. The van der Waals surface area contributed by atoms with Gasteiger partial charge in [0.05, 0.1) is 10.5 Å². The lowest BCUT2D eigenvalue weighted by atomic mass is 10.1. The van der Waals surface area contributed by atoms with Gasteiger partial charge in [-0.25, -0.2) is 4.79 Å². The summed E-state index contributed by atoms with van der Waals surface area (Å²) in [5.41, 5.74) is -1.53. The van der Waals surface area contributed by atoms with Crippen LogP contribution in [0.3, 0.4) is 0 Å². The molecule has 0 aromatic heterocycles. The zero-order valence-electron chi connectivity index (χ0n) is 9.62. The van der Waals surface area contributed by atoms with Crippen LogP contribution in [-0.2, 0) is 4.79 Å². The topological polar surface area (TPSA) is 113 Å². The molecule has 0 atom stereocenters. The van der Waals surface area contributed by atoms with Crippen LogP contribution < -0.4 is 4.74 Å². The lowest BCUT2D eigenvalue weighted by Gasteiger charge is -2.07. The summed E-state index contributed by atoms with van der Waals surface area (Å²) in [5, 5.41) is 28.1. The maximum absolute atomic E-state index is 12.1. The molecule has 1 N–H and O–H groups in total. The number of benzene rings is 1. The second-order valence-corrected chi connectivity index (χ2v) is 3.33. The van der Waals surface area contributed by atoms with Gasteiger partial charge in [0.1, 0.15) is 17.4 Å². The highest BCUT2D eigenvalue weighted by Gasteiger charge is 2.21. The fourth-order valence-electron chi connectivity index (χ4n) is 1.38. The number of nitro benzene ring substituents is 1. The van der Waals surface area contributed by atoms with Gasteiger partial charge in [-0.05, 0) is 12.1 Å². The van der Waals surface area contributed by atoms with Crippen molar-refractivity contribution in [2.75, 3.05) is 0 Å². The summed E-state index contributed by atoms with van der Waals surface area (Å²) in [7, 11) is 0. The summed E-state index contributed by atoms with van der Waals surface area (Å²) in [6, 6.07) is 3.10. The van der Waals surface area contributed by atoms with Crippen LogP contribution in [0.1, 0.15) is 11.1 Å². The highest BCUT2D eigenvalue weighted by molar-refractivity contribution is 5.87. The Labute approximate surface area is 110 Å². The van der Waals surface area contributed by atoms with Crippen molar-refractivity contribution in [2.24, 2.45) is 0 Å². The summed E-state index contributed by atoms with van der Waals surface area (Å²) < 4.78 is 28.3. The molecule has 1 aromatic rings. The summed E-state index contributed by atoms with van der Waals surface area (Å²) >= 11 is 0. The minimum Gasteiger partial charge on any atom is -0.478 e. The van der Waals surface area contributed by atoms with E-state index in [2.05, 4.69) is 4.74 Å². The molecule has 0 amide bonds. The number of rotatable bonds is 5. The lowest BCUT2D eigenvalue weighted by molar-refractivity contribution is -0.385. The normalized spacial score (nSPS) is 10.5. The maximum atomic E-state index is 12.1. The number of nitrogens with zero attached hydrogens (tertiary/aromatic N) is 2. The van der Waals surface area contributed by atoms with E-state index in [4.69, 9.17) is 10.4 Å². The van der Waals surface area contributed by atoms with Gasteiger partial charge in [0.15, 0.2) is 0 Å². The number of halogens is 2. The standard InChI is InChI=1S/C11H6F2N2O5/c12-11(13)20-8-3-6(1-2-9(16)17)10(15(18)19)7(4-8)5-14/h1-4,11H,(H,16,17)/b2-1+. The first-order valence-corrected chi connectivity index (χ1v) is 4.93. The van der Waals surface area contributed by atoms with Gasteiger partial charge < -0.3 is 9.84 Å². The number of aliphatic carboxylic acids is 1. The Morgan fingerprint density at radius 3 is 2.65 bits per heavy atom. The van der Waals surface area contributed by atoms with Crippen molar-refractivity contribution in [2.45, 2.75) is 6.61 Å². The van der Waals surface area contributed by atoms with Crippen molar-refractivity contribution in [3.63, 3.8) is 0 Å². The second-order valence-electron chi connectivity index (χ2n) is 3.33. The number of alkyl halides is 2. The summed E-state index contributed by atoms with van der Waals surface area (Å²) in [5.74, 6) is -1.87. The highest BCUT2D eigenvalue weighted by atomic mass is 19.3. The number of carboxylic acid groups (broad SMARTS) is 1. The Morgan fingerprint density at radius 2 is 2.20 bits per heavy atom. The third kappa shape index (κ3) is 3.74. The first kappa shape index (κ1) is 15.0. The maximum Gasteiger partial charge on any atom is 0.387 e. The minimum absolute atomic E-state index is 0.327. The predicted molar refractivity (Wildman–Crippen MR) is 61.1 cm³/mol. The third-order valence-electron chi connectivity index (χ3n) is 2.05. The summed E-state index contributed by atoms with van der Waals surface area (Å²) in [6.45, 7) is -3.18. The molecule has 104 valence electrons. The van der Waals surface area contributed by atoms with Crippen molar-refractivity contribution in [1.82, 2.24) is 0 Å². The Hall–Kier alpha value is -3.02. The van der Waals surface area contributed by atoms with E-state index in [1.807, 2.05) is 0 Å². The molecule has 0 saturated carbocycles. The fraction of sp³-hybridized carbons (Fsp3) is 0.0909. The number of carboxylic acids is 1. The van der Waals surface area contributed by atoms with Crippen LogP contribution in [0, 0.1) is 21.4 Å². The predicted octanol–water partition coefficient (Wildman–Crippen LogP) is 2.17. The first-order chi connectivity index (χ1) is 9.35. The van der Waals surface area contributed by atoms with Crippen LogP contribution in [-0.4, -0.2) is 22.6 Å². The Kier molecular flexibility index (Phi) is 4.69. The van der Waals surface area contributed by atoms with Crippen LogP contribution in [0.25, 0.3) is 6.08 Å². The number of carbonyl (C=O) groups is 1. The molecule has 0 unspecified atom stereocenters. The van der Waals surface area contributed by atoms with E-state index >= 15 is 0 Å². The molecule has 0 spiro atoms. The molecule has 9 heteroatoms. The molecular weight excluding hydrogens is 278 g/mol. The fourth-order valence-corrected chi connectivity index (χ4v) is 1.38. The molecule has 0 radical (unpaired) electrons. The number of nitriles is 1. The first-order valence-electron chi connectivity index (χ1n) is 4.93. The molecule has 0 saturated heterocycles. The monoisotopic (exact) mass is 284 g/mol. The number of ether oxygens (including phenoxy) is 1. The molecule has 20 heavy (non-hydrogen) atoms. The molecular formula is C11H6F2N2O5. The van der Waals surface area contributed by atoms with Gasteiger partial charge in [0, 0.05) is 12.1 Å². The molecule has 0 bridgehead atoms. The number of hydrogen-bond donors (Lipinski definition) is 1. The van der Waals surface area contributed by atoms with Crippen LogP contribution >= 0.6 is 0 Å². The summed E-state index contributed by atoms with van der Waals surface area (Å²) in [6.07, 6.45) is 1.40. The SMILES string of the molecule is N#Cc1cc(OC(F)F)cc(/C=C/C(=O)O)c1[N+](=O)[O-]. The quantitative estimate of drug-likeness (QED) is 0.503. The van der Waals surface area contributed by atoms with Gasteiger partial charge in [-0.2, -0.15) is 14.0 Å². The third-order valence-corrected chi connectivity index (χ3v) is 2.05. The molecule has 0 aliphatic carbocycles. The van der Waals surface area contributed by atoms with E-state index < -0.39 is 34.5 Å². The second kappa shape index (κ2) is 6.24. The van der Waals surface area contributed by atoms with Crippen LogP contribution in [0.5, 0.6) is 5.75 Å². The van der Waals surface area contributed by atoms with Gasteiger partial charge >= 0.3 is 12.6 Å². The number of hydrogen-bond acceptors (Lipinski definition) is 5. The molecule has 0 fully saturated rings. The molecule has 0 aliphatic heterocycles. The molecule has 7 nitrogen and oxygen atoms in total. The lowest BCUT2D eigenvalue weighted by Crippen LogP contribution is -2.04. The molecule has 0 aliphatic rings. The minimum atomic E-state index is -3.18. The van der Waals surface area contributed by atoms with E-state index in [9.17, 15) is 23.7 Å². The Bertz CT molecular complexity index is 622. The van der Waals surface area contributed by atoms with E-state index in [0.29, 0.717) is 6.08 Å². The van der Waals surface area contributed by atoms with Crippen LogP contribution in [0.15, 0.2) is 18.2 Å². The van der Waals surface area contributed by atoms with Gasteiger partial charge in [-0.3, -0.25) is 10.1 Å². The van der Waals surface area contributed by atoms with Crippen LogP contribution in [0.4, 0.5) is 14.5 Å². The van der Waals surface area contributed by atoms with Gasteiger partial charge in [-0.1, -0.05) is 0 Å². The highest BCUT2D eigenvalue weighted by Crippen LogP contribution is 2.30. The molecule has 1 aromatic carbocycles. The van der Waals surface area contributed by atoms with Crippen molar-refractivity contribution < 1.29 is 28.3 Å². The summed E-state index contributed by atoms with van der Waals surface area (Å²) in [4.78, 5) is 20.4. The van der Waals surface area contributed by atoms with E-state index in [0.717, 1.165) is 18.2 Å². The number of nitro groups is 1. The zero-order valence-corrected chi connectivity index (χ0v) is 9.62. The average Bonchev–Trinajstić information content (AvgIpc) is 2.34. The van der Waals surface area contributed by atoms with Crippen molar-refractivity contribution in [1.29, 1.82) is 5.26 Å². The smallest absolute Gasteiger partial charge is 0.387 e. The van der Waals surface area contributed by atoms with E-state index in [1.165, 1.54) is 6.07 Å². The average molecular weight is 284 g/mol. The molecule has 0 heterocycles. The zero-order chi connectivity index (χ0) is 15.3. The van der Waals surface area contributed by atoms with Gasteiger partial charge in [0.2, 0.25) is 0 Å². The van der Waals surface area contributed by atoms with Crippen molar-refractivity contribution in [3.8, 4) is 11.8 Å². The van der Waals surface area contributed by atoms with Crippen LogP contribution in [0.2, 0.25) is 0 Å². The van der Waals surface area contributed by atoms with Gasteiger partial charge in [-0.15, -0.1) is 0 Å². The van der Waals surface area contributed by atoms with Gasteiger partial charge in [0.25, 0.3) is 5.69 Å². The van der Waals surface area contributed by atoms with E-state index in [1.54, 1.807) is 0 Å². The molecule has 1 rings (SSSR count). The van der Waals surface area contributed by atoms with E-state index in [-0.39, 0.29) is 5.56 Å².